The van der Waals surface area contributed by atoms with Crippen LogP contribution in [0.15, 0.2) is 53.3 Å². The number of rotatable bonds is 6. The number of hydrogen-bond donors (Lipinski definition) is 1. The first kappa shape index (κ1) is 15.5. The van der Waals surface area contributed by atoms with Gasteiger partial charge in [0.25, 0.3) is 0 Å². The van der Waals surface area contributed by atoms with Crippen molar-refractivity contribution in [3.05, 3.63) is 60.1 Å². The molecule has 120 valence electrons. The number of benzene rings is 1. The SMILES string of the molecule is Cc1cnn([C@H](C)[C@H](C)NCc2cc(-c3ccccc3)no2)c1. The first-order chi connectivity index (χ1) is 11.1. The van der Waals surface area contributed by atoms with E-state index in [0.717, 1.165) is 17.0 Å². The van der Waals surface area contributed by atoms with Crippen molar-refractivity contribution in [1.82, 2.24) is 20.3 Å². The van der Waals surface area contributed by atoms with Crippen LogP contribution in [-0.4, -0.2) is 21.0 Å². The molecule has 0 aliphatic rings. The second-order valence-electron chi connectivity index (χ2n) is 5.95. The zero-order valence-electron chi connectivity index (χ0n) is 13.7. The largest absolute Gasteiger partial charge is 0.359 e. The Morgan fingerprint density at radius 1 is 1.22 bits per heavy atom. The highest BCUT2D eigenvalue weighted by molar-refractivity contribution is 5.58. The lowest BCUT2D eigenvalue weighted by Crippen LogP contribution is -2.33. The molecule has 0 spiro atoms. The van der Waals surface area contributed by atoms with Crippen molar-refractivity contribution in [2.75, 3.05) is 0 Å². The van der Waals surface area contributed by atoms with Crippen LogP contribution < -0.4 is 5.32 Å². The summed E-state index contributed by atoms with van der Waals surface area (Å²) in [6.07, 6.45) is 3.94. The molecule has 0 aliphatic heterocycles. The third kappa shape index (κ3) is 3.68. The topological polar surface area (TPSA) is 55.9 Å². The number of aromatic nitrogens is 3. The van der Waals surface area contributed by atoms with Gasteiger partial charge in [-0.3, -0.25) is 4.68 Å². The van der Waals surface area contributed by atoms with Gasteiger partial charge in [0.05, 0.1) is 18.8 Å². The summed E-state index contributed by atoms with van der Waals surface area (Å²) in [6.45, 7) is 7.00. The summed E-state index contributed by atoms with van der Waals surface area (Å²) in [7, 11) is 0. The lowest BCUT2D eigenvalue weighted by molar-refractivity contribution is 0.330. The van der Waals surface area contributed by atoms with Gasteiger partial charge >= 0.3 is 0 Å². The quantitative estimate of drug-likeness (QED) is 0.756. The minimum atomic E-state index is 0.263. The van der Waals surface area contributed by atoms with E-state index < -0.39 is 0 Å². The molecule has 0 bridgehead atoms. The molecule has 0 saturated heterocycles. The number of aryl methyl sites for hydroxylation is 1. The third-order valence-electron chi connectivity index (χ3n) is 4.10. The smallest absolute Gasteiger partial charge is 0.151 e. The summed E-state index contributed by atoms with van der Waals surface area (Å²) in [4.78, 5) is 0. The maximum atomic E-state index is 5.42. The molecular weight excluding hydrogens is 288 g/mol. The molecule has 2 atom stereocenters. The molecule has 0 saturated carbocycles. The van der Waals surface area contributed by atoms with E-state index in [1.54, 1.807) is 0 Å². The number of nitrogens with one attached hydrogen (secondary N) is 1. The number of hydrogen-bond acceptors (Lipinski definition) is 4. The maximum absolute atomic E-state index is 5.42. The summed E-state index contributed by atoms with van der Waals surface area (Å²) < 4.78 is 7.41. The molecule has 23 heavy (non-hydrogen) atoms. The molecule has 1 aromatic carbocycles. The minimum Gasteiger partial charge on any atom is -0.359 e. The molecule has 0 amide bonds. The zero-order chi connectivity index (χ0) is 16.2. The second-order valence-corrected chi connectivity index (χ2v) is 5.95. The monoisotopic (exact) mass is 310 g/mol. The van der Waals surface area contributed by atoms with Crippen LogP contribution in [-0.2, 0) is 6.54 Å². The van der Waals surface area contributed by atoms with Gasteiger partial charge < -0.3 is 9.84 Å². The van der Waals surface area contributed by atoms with Crippen LogP contribution in [0, 0.1) is 6.92 Å². The van der Waals surface area contributed by atoms with Gasteiger partial charge in [-0.05, 0) is 26.3 Å². The fraction of sp³-hybridized carbons (Fsp3) is 0.333. The average Bonchev–Trinajstić information content (AvgIpc) is 3.22. The second kappa shape index (κ2) is 6.79. The van der Waals surface area contributed by atoms with Crippen LogP contribution in [0.2, 0.25) is 0 Å². The number of nitrogens with zero attached hydrogens (tertiary/aromatic N) is 3. The van der Waals surface area contributed by atoms with Crippen molar-refractivity contribution in [3.8, 4) is 11.3 Å². The molecule has 3 rings (SSSR count). The summed E-state index contributed by atoms with van der Waals surface area (Å²) >= 11 is 0. The molecule has 5 heteroatoms. The van der Waals surface area contributed by atoms with Crippen LogP contribution >= 0.6 is 0 Å². The standard InChI is InChI=1S/C18H22N4O/c1-13-10-20-22(12-13)15(3)14(2)19-11-17-9-18(21-23-17)16-7-5-4-6-8-16/h4-10,12,14-15,19H,11H2,1-3H3/t14-,15+/m0/s1. The Balaban J connectivity index is 1.59. The predicted octanol–water partition coefficient (Wildman–Crippen LogP) is 3.59. The summed E-state index contributed by atoms with van der Waals surface area (Å²) in [5, 5.41) is 12.0. The van der Waals surface area contributed by atoms with Crippen LogP contribution in [0.3, 0.4) is 0 Å². The molecule has 2 aromatic heterocycles. The molecule has 0 unspecified atom stereocenters. The van der Waals surface area contributed by atoms with E-state index in [0.29, 0.717) is 6.54 Å². The van der Waals surface area contributed by atoms with Crippen molar-refractivity contribution in [2.45, 2.75) is 39.4 Å². The third-order valence-corrected chi connectivity index (χ3v) is 4.10. The van der Waals surface area contributed by atoms with Crippen molar-refractivity contribution in [1.29, 1.82) is 0 Å². The molecule has 3 aromatic rings. The Kier molecular flexibility index (Phi) is 4.57. The minimum absolute atomic E-state index is 0.263. The van der Waals surface area contributed by atoms with Gasteiger partial charge in [0.15, 0.2) is 5.76 Å². The van der Waals surface area contributed by atoms with Gasteiger partial charge in [-0.25, -0.2) is 0 Å². The lowest BCUT2D eigenvalue weighted by Gasteiger charge is -2.21. The van der Waals surface area contributed by atoms with Crippen LogP contribution in [0.1, 0.15) is 31.2 Å². The summed E-state index contributed by atoms with van der Waals surface area (Å²) in [5.74, 6) is 0.833. The van der Waals surface area contributed by atoms with Crippen molar-refractivity contribution in [2.24, 2.45) is 0 Å². The van der Waals surface area contributed by atoms with Gasteiger partial charge in [-0.1, -0.05) is 35.5 Å². The lowest BCUT2D eigenvalue weighted by atomic mass is 10.1. The highest BCUT2D eigenvalue weighted by Crippen LogP contribution is 2.19. The summed E-state index contributed by atoms with van der Waals surface area (Å²) in [6, 6.07) is 12.6. The van der Waals surface area contributed by atoms with E-state index in [2.05, 4.69) is 35.6 Å². The van der Waals surface area contributed by atoms with E-state index in [4.69, 9.17) is 4.52 Å². The van der Waals surface area contributed by atoms with E-state index in [1.165, 1.54) is 5.56 Å². The zero-order valence-corrected chi connectivity index (χ0v) is 13.7. The molecule has 2 heterocycles. The first-order valence-corrected chi connectivity index (χ1v) is 7.88. The fourth-order valence-electron chi connectivity index (χ4n) is 2.46. The average molecular weight is 310 g/mol. The highest BCUT2D eigenvalue weighted by atomic mass is 16.5. The van der Waals surface area contributed by atoms with E-state index in [1.807, 2.05) is 54.2 Å². The molecule has 5 nitrogen and oxygen atoms in total. The van der Waals surface area contributed by atoms with Crippen LogP contribution in [0.5, 0.6) is 0 Å². The Labute approximate surface area is 136 Å². The van der Waals surface area contributed by atoms with Crippen molar-refractivity contribution < 1.29 is 4.52 Å². The Bertz CT molecular complexity index is 747. The molecular formula is C18H22N4O. The maximum Gasteiger partial charge on any atom is 0.151 e. The van der Waals surface area contributed by atoms with E-state index >= 15 is 0 Å². The van der Waals surface area contributed by atoms with Gasteiger partial charge in [0.2, 0.25) is 0 Å². The predicted molar refractivity (Wildman–Crippen MR) is 89.9 cm³/mol. The molecule has 0 fully saturated rings. The first-order valence-electron chi connectivity index (χ1n) is 7.88. The van der Waals surface area contributed by atoms with Gasteiger partial charge in [-0.2, -0.15) is 5.10 Å². The van der Waals surface area contributed by atoms with Gasteiger partial charge in [0, 0.05) is 23.9 Å². The molecule has 0 radical (unpaired) electrons. The Morgan fingerprint density at radius 3 is 2.70 bits per heavy atom. The van der Waals surface area contributed by atoms with Gasteiger partial charge in [-0.15, -0.1) is 0 Å². The fourth-order valence-corrected chi connectivity index (χ4v) is 2.46. The van der Waals surface area contributed by atoms with Crippen LogP contribution in [0.25, 0.3) is 11.3 Å². The normalized spacial score (nSPS) is 13.9. The Hall–Kier alpha value is -2.40. The molecule has 0 aliphatic carbocycles. The molecule has 1 N–H and O–H groups in total. The van der Waals surface area contributed by atoms with Crippen LogP contribution in [0.4, 0.5) is 0 Å². The van der Waals surface area contributed by atoms with E-state index in [9.17, 15) is 0 Å². The van der Waals surface area contributed by atoms with E-state index in [-0.39, 0.29) is 12.1 Å². The summed E-state index contributed by atoms with van der Waals surface area (Å²) in [5.41, 5.74) is 3.11. The van der Waals surface area contributed by atoms with Crippen molar-refractivity contribution >= 4 is 0 Å². The van der Waals surface area contributed by atoms with Crippen molar-refractivity contribution in [3.63, 3.8) is 0 Å². The highest BCUT2D eigenvalue weighted by Gasteiger charge is 2.15. The Morgan fingerprint density at radius 2 is 2.00 bits per heavy atom. The van der Waals surface area contributed by atoms with Gasteiger partial charge in [0.1, 0.15) is 5.69 Å².